The molecule has 0 aliphatic carbocycles. The average molecular weight is 300 g/mol. The number of hydrogen-bond donors (Lipinski definition) is 0. The molecule has 1 aromatic rings. The van der Waals surface area contributed by atoms with Crippen LogP contribution < -0.4 is 4.74 Å². The summed E-state index contributed by atoms with van der Waals surface area (Å²) in [6.07, 6.45) is 3.45. The molecule has 2 heterocycles. The lowest BCUT2D eigenvalue weighted by atomic mass is 10.4. The number of sulfonamides is 1. The first-order valence-corrected chi connectivity index (χ1v) is 8.18. The third kappa shape index (κ3) is 3.28. The van der Waals surface area contributed by atoms with E-state index in [0.717, 1.165) is 0 Å². The molecule has 0 amide bonds. The molecule has 0 N–H and O–H groups in total. The molecule has 2 rings (SSSR count). The Hall–Kier alpha value is -1.18. The predicted molar refractivity (Wildman–Crippen MR) is 74.2 cm³/mol. The van der Waals surface area contributed by atoms with Gasteiger partial charge in [-0.1, -0.05) is 0 Å². The standard InChI is InChI=1S/C13H20N2O4S/c1-3-18-12-5-6-14-9-13(12)20(16,17)15-7-4-8-19-11(2)10-15/h5-6,9,11H,3-4,7-8,10H2,1-2H3. The molecule has 7 heteroatoms. The van der Waals surface area contributed by atoms with Crippen molar-refractivity contribution in [2.75, 3.05) is 26.3 Å². The van der Waals surface area contributed by atoms with Crippen molar-refractivity contribution in [3.8, 4) is 5.75 Å². The molecule has 1 aliphatic rings. The van der Waals surface area contributed by atoms with Crippen LogP contribution in [-0.2, 0) is 14.8 Å². The monoisotopic (exact) mass is 300 g/mol. The van der Waals surface area contributed by atoms with E-state index in [-0.39, 0.29) is 11.0 Å². The van der Waals surface area contributed by atoms with Crippen LogP contribution >= 0.6 is 0 Å². The van der Waals surface area contributed by atoms with E-state index < -0.39 is 10.0 Å². The highest BCUT2D eigenvalue weighted by molar-refractivity contribution is 7.89. The number of aromatic nitrogens is 1. The third-order valence-corrected chi connectivity index (χ3v) is 4.95. The molecule has 1 fully saturated rings. The maximum Gasteiger partial charge on any atom is 0.248 e. The van der Waals surface area contributed by atoms with Gasteiger partial charge in [-0.25, -0.2) is 8.42 Å². The van der Waals surface area contributed by atoms with E-state index in [1.807, 2.05) is 13.8 Å². The van der Waals surface area contributed by atoms with Gasteiger partial charge in [0.25, 0.3) is 0 Å². The number of rotatable bonds is 4. The molecule has 1 aromatic heterocycles. The van der Waals surface area contributed by atoms with E-state index >= 15 is 0 Å². The summed E-state index contributed by atoms with van der Waals surface area (Å²) in [7, 11) is -3.61. The van der Waals surface area contributed by atoms with Gasteiger partial charge in [-0.3, -0.25) is 4.98 Å². The molecule has 0 aromatic carbocycles. The first-order chi connectivity index (χ1) is 9.55. The molecule has 0 radical (unpaired) electrons. The quantitative estimate of drug-likeness (QED) is 0.838. The fraction of sp³-hybridized carbons (Fsp3) is 0.615. The molecule has 112 valence electrons. The van der Waals surface area contributed by atoms with Crippen LogP contribution in [0, 0.1) is 0 Å². The van der Waals surface area contributed by atoms with Crippen molar-refractivity contribution in [1.29, 1.82) is 0 Å². The van der Waals surface area contributed by atoms with Crippen molar-refractivity contribution in [2.45, 2.75) is 31.3 Å². The van der Waals surface area contributed by atoms with Crippen molar-refractivity contribution >= 4 is 10.0 Å². The Balaban J connectivity index is 2.34. The van der Waals surface area contributed by atoms with Gasteiger partial charge in [-0.05, 0) is 26.3 Å². The largest absolute Gasteiger partial charge is 0.492 e. The Morgan fingerprint density at radius 2 is 2.35 bits per heavy atom. The van der Waals surface area contributed by atoms with Gasteiger partial charge in [0.05, 0.1) is 18.9 Å². The van der Waals surface area contributed by atoms with Crippen molar-refractivity contribution < 1.29 is 17.9 Å². The van der Waals surface area contributed by atoms with Crippen molar-refractivity contribution in [1.82, 2.24) is 9.29 Å². The zero-order chi connectivity index (χ0) is 14.6. The van der Waals surface area contributed by atoms with E-state index in [9.17, 15) is 8.42 Å². The fourth-order valence-corrected chi connectivity index (χ4v) is 3.78. The van der Waals surface area contributed by atoms with Crippen molar-refractivity contribution in [2.24, 2.45) is 0 Å². The number of pyridine rings is 1. The van der Waals surface area contributed by atoms with E-state index in [4.69, 9.17) is 9.47 Å². The SMILES string of the molecule is CCOc1ccncc1S(=O)(=O)N1CCCOC(C)C1. The maximum atomic E-state index is 12.7. The summed E-state index contributed by atoms with van der Waals surface area (Å²) >= 11 is 0. The Bertz CT molecular complexity index is 547. The second-order valence-electron chi connectivity index (χ2n) is 4.65. The van der Waals surface area contributed by atoms with E-state index in [2.05, 4.69) is 4.98 Å². The highest BCUT2D eigenvalue weighted by Gasteiger charge is 2.30. The van der Waals surface area contributed by atoms with Crippen LogP contribution in [0.25, 0.3) is 0 Å². The first-order valence-electron chi connectivity index (χ1n) is 6.74. The summed E-state index contributed by atoms with van der Waals surface area (Å²) in [4.78, 5) is 4.04. The number of nitrogens with zero attached hydrogens (tertiary/aromatic N) is 2. The first kappa shape index (κ1) is 15.2. The zero-order valence-electron chi connectivity index (χ0n) is 11.8. The molecule has 0 saturated carbocycles. The normalized spacial score (nSPS) is 21.4. The van der Waals surface area contributed by atoms with Gasteiger partial charge in [0.15, 0.2) is 0 Å². The highest BCUT2D eigenvalue weighted by Crippen LogP contribution is 2.26. The van der Waals surface area contributed by atoms with E-state index in [0.29, 0.717) is 38.5 Å². The summed E-state index contributed by atoms with van der Waals surface area (Å²) in [5, 5.41) is 0. The summed E-state index contributed by atoms with van der Waals surface area (Å²) < 4.78 is 37.8. The van der Waals surface area contributed by atoms with Crippen LogP contribution in [0.15, 0.2) is 23.4 Å². The van der Waals surface area contributed by atoms with Crippen LogP contribution in [0.3, 0.4) is 0 Å². The molecular formula is C13H20N2O4S. The van der Waals surface area contributed by atoms with E-state index in [1.165, 1.54) is 16.7 Å². The Morgan fingerprint density at radius 1 is 1.55 bits per heavy atom. The molecule has 0 bridgehead atoms. The topological polar surface area (TPSA) is 68.7 Å². The minimum Gasteiger partial charge on any atom is -0.492 e. The van der Waals surface area contributed by atoms with Gasteiger partial charge in [0.1, 0.15) is 10.6 Å². The van der Waals surface area contributed by atoms with Crippen LogP contribution in [0.2, 0.25) is 0 Å². The summed E-state index contributed by atoms with van der Waals surface area (Å²) in [5.41, 5.74) is 0. The Labute approximate surface area is 119 Å². The van der Waals surface area contributed by atoms with Gasteiger partial charge in [0, 0.05) is 25.9 Å². The number of ether oxygens (including phenoxy) is 2. The van der Waals surface area contributed by atoms with E-state index in [1.54, 1.807) is 6.07 Å². The predicted octanol–water partition coefficient (Wildman–Crippen LogP) is 1.28. The minimum atomic E-state index is -3.61. The fourth-order valence-electron chi connectivity index (χ4n) is 2.15. The molecule has 0 spiro atoms. The van der Waals surface area contributed by atoms with Crippen LogP contribution in [0.5, 0.6) is 5.75 Å². The lowest BCUT2D eigenvalue weighted by molar-refractivity contribution is 0.0752. The van der Waals surface area contributed by atoms with Gasteiger partial charge in [0.2, 0.25) is 10.0 Å². The molecule has 1 atom stereocenters. The lowest BCUT2D eigenvalue weighted by Crippen LogP contribution is -2.36. The second-order valence-corrected chi connectivity index (χ2v) is 6.56. The van der Waals surface area contributed by atoms with Crippen molar-refractivity contribution in [3.05, 3.63) is 18.5 Å². The average Bonchev–Trinajstić information content (AvgIpc) is 2.65. The summed E-state index contributed by atoms with van der Waals surface area (Å²) in [6.45, 7) is 5.49. The lowest BCUT2D eigenvalue weighted by Gasteiger charge is -2.22. The molecular weight excluding hydrogens is 280 g/mol. The number of hydrogen-bond acceptors (Lipinski definition) is 5. The highest BCUT2D eigenvalue weighted by atomic mass is 32.2. The van der Waals surface area contributed by atoms with Gasteiger partial charge in [-0.15, -0.1) is 0 Å². The minimum absolute atomic E-state index is 0.112. The molecule has 1 saturated heterocycles. The molecule has 1 aliphatic heterocycles. The Kier molecular flexibility index (Phi) is 4.95. The summed E-state index contributed by atoms with van der Waals surface area (Å²) in [6, 6.07) is 1.58. The molecule has 6 nitrogen and oxygen atoms in total. The van der Waals surface area contributed by atoms with Crippen LogP contribution in [0.4, 0.5) is 0 Å². The zero-order valence-corrected chi connectivity index (χ0v) is 12.6. The van der Waals surface area contributed by atoms with Crippen LogP contribution in [-0.4, -0.2) is 50.1 Å². The second kappa shape index (κ2) is 6.51. The molecule has 20 heavy (non-hydrogen) atoms. The van der Waals surface area contributed by atoms with Crippen LogP contribution in [0.1, 0.15) is 20.3 Å². The summed E-state index contributed by atoms with van der Waals surface area (Å²) in [5.74, 6) is 0.348. The van der Waals surface area contributed by atoms with Crippen molar-refractivity contribution in [3.63, 3.8) is 0 Å². The van der Waals surface area contributed by atoms with Gasteiger partial charge in [-0.2, -0.15) is 4.31 Å². The van der Waals surface area contributed by atoms with Gasteiger partial charge >= 0.3 is 0 Å². The molecule has 1 unspecified atom stereocenters. The smallest absolute Gasteiger partial charge is 0.248 e. The third-order valence-electron chi connectivity index (χ3n) is 3.08. The maximum absolute atomic E-state index is 12.7. The van der Waals surface area contributed by atoms with Gasteiger partial charge < -0.3 is 9.47 Å². The Morgan fingerprint density at radius 3 is 3.10 bits per heavy atom.